The lowest BCUT2D eigenvalue weighted by molar-refractivity contribution is 0.306. The molecule has 2 aromatic rings. The van der Waals surface area contributed by atoms with Crippen LogP contribution < -0.4 is 10.5 Å². The van der Waals surface area contributed by atoms with Crippen LogP contribution in [0, 0.1) is 13.8 Å². The maximum absolute atomic E-state index is 5.93. The second-order valence-corrected chi connectivity index (χ2v) is 5.29. The maximum Gasteiger partial charge on any atom is 0.120 e. The monoisotopic (exact) mass is 305 g/mol. The Morgan fingerprint density at radius 1 is 1.06 bits per heavy atom. The van der Waals surface area contributed by atoms with E-state index in [4.69, 9.17) is 10.5 Å². The van der Waals surface area contributed by atoms with E-state index in [0.717, 1.165) is 21.5 Å². The lowest BCUT2D eigenvalue weighted by Gasteiger charge is -2.10. The summed E-state index contributed by atoms with van der Waals surface area (Å²) in [5, 5.41) is 0. The van der Waals surface area contributed by atoms with Gasteiger partial charge in [0.15, 0.2) is 0 Å². The molecule has 0 fully saturated rings. The first-order valence-corrected chi connectivity index (χ1v) is 6.59. The third-order valence-electron chi connectivity index (χ3n) is 2.98. The second-order valence-electron chi connectivity index (χ2n) is 4.38. The third-order valence-corrected chi connectivity index (χ3v) is 3.47. The largest absolute Gasteiger partial charge is 0.489 e. The van der Waals surface area contributed by atoms with E-state index in [-0.39, 0.29) is 0 Å². The van der Waals surface area contributed by atoms with Gasteiger partial charge in [0.05, 0.1) is 0 Å². The first-order chi connectivity index (χ1) is 8.56. The fourth-order valence-electron chi connectivity index (χ4n) is 1.66. The topological polar surface area (TPSA) is 35.2 Å². The molecule has 0 atom stereocenters. The zero-order valence-corrected chi connectivity index (χ0v) is 12.1. The van der Waals surface area contributed by atoms with Crippen LogP contribution in [-0.4, -0.2) is 0 Å². The van der Waals surface area contributed by atoms with E-state index in [2.05, 4.69) is 35.8 Å². The van der Waals surface area contributed by atoms with E-state index in [1.165, 1.54) is 11.1 Å². The number of anilines is 1. The standard InChI is InChI=1S/C15H16BrNO/c1-10-3-6-14(7-11(10)2)18-9-12-4-5-13(16)8-15(12)17/h3-8H,9,17H2,1-2H3. The number of aryl methyl sites for hydroxylation is 2. The quantitative estimate of drug-likeness (QED) is 0.861. The highest BCUT2D eigenvalue weighted by molar-refractivity contribution is 9.10. The minimum atomic E-state index is 0.488. The fraction of sp³-hybridized carbons (Fsp3) is 0.200. The minimum absolute atomic E-state index is 0.488. The third kappa shape index (κ3) is 3.05. The van der Waals surface area contributed by atoms with Crippen LogP contribution in [0.2, 0.25) is 0 Å². The molecular formula is C15H16BrNO. The molecule has 0 spiro atoms. The van der Waals surface area contributed by atoms with Crippen LogP contribution in [0.1, 0.15) is 16.7 Å². The van der Waals surface area contributed by atoms with Gasteiger partial charge in [-0.05, 0) is 49.2 Å². The van der Waals surface area contributed by atoms with Gasteiger partial charge < -0.3 is 10.5 Å². The molecular weight excluding hydrogens is 290 g/mol. The van der Waals surface area contributed by atoms with Gasteiger partial charge in [-0.3, -0.25) is 0 Å². The normalized spacial score (nSPS) is 10.4. The van der Waals surface area contributed by atoms with E-state index in [1.54, 1.807) is 0 Å². The maximum atomic E-state index is 5.93. The SMILES string of the molecule is Cc1ccc(OCc2ccc(Br)cc2N)cc1C. The summed E-state index contributed by atoms with van der Waals surface area (Å²) in [6.45, 7) is 4.66. The zero-order chi connectivity index (χ0) is 13.1. The van der Waals surface area contributed by atoms with Crippen molar-refractivity contribution >= 4 is 21.6 Å². The number of ether oxygens (including phenoxy) is 1. The Labute approximate surface area is 116 Å². The Morgan fingerprint density at radius 3 is 2.50 bits per heavy atom. The predicted octanol–water partition coefficient (Wildman–Crippen LogP) is 4.23. The molecule has 18 heavy (non-hydrogen) atoms. The molecule has 0 aliphatic carbocycles. The van der Waals surface area contributed by atoms with Crippen molar-refractivity contribution in [2.24, 2.45) is 0 Å². The molecule has 0 bridgehead atoms. The van der Waals surface area contributed by atoms with Crippen molar-refractivity contribution in [2.75, 3.05) is 5.73 Å². The Kier molecular flexibility index (Phi) is 3.92. The summed E-state index contributed by atoms with van der Waals surface area (Å²) in [6, 6.07) is 11.9. The van der Waals surface area contributed by atoms with Gasteiger partial charge in [0.2, 0.25) is 0 Å². The van der Waals surface area contributed by atoms with Gasteiger partial charge in [-0.2, -0.15) is 0 Å². The first kappa shape index (κ1) is 13.0. The molecule has 0 radical (unpaired) electrons. The van der Waals surface area contributed by atoms with Gasteiger partial charge in [-0.1, -0.05) is 28.1 Å². The molecule has 0 saturated heterocycles. The summed E-state index contributed by atoms with van der Waals surface area (Å²) < 4.78 is 6.73. The van der Waals surface area contributed by atoms with Gasteiger partial charge >= 0.3 is 0 Å². The molecule has 0 amide bonds. The van der Waals surface area contributed by atoms with E-state index in [0.29, 0.717) is 6.61 Å². The van der Waals surface area contributed by atoms with Gasteiger partial charge in [0.1, 0.15) is 12.4 Å². The van der Waals surface area contributed by atoms with Crippen LogP contribution in [0.3, 0.4) is 0 Å². The number of benzene rings is 2. The van der Waals surface area contributed by atoms with Crippen molar-refractivity contribution < 1.29 is 4.74 Å². The van der Waals surface area contributed by atoms with Gasteiger partial charge in [0, 0.05) is 15.7 Å². The van der Waals surface area contributed by atoms with Crippen LogP contribution >= 0.6 is 15.9 Å². The smallest absolute Gasteiger partial charge is 0.120 e. The molecule has 0 heterocycles. The number of nitrogen functional groups attached to an aromatic ring is 1. The molecule has 0 aliphatic rings. The number of halogens is 1. The van der Waals surface area contributed by atoms with Gasteiger partial charge in [-0.15, -0.1) is 0 Å². The lowest BCUT2D eigenvalue weighted by Crippen LogP contribution is -2.00. The minimum Gasteiger partial charge on any atom is -0.489 e. The molecule has 94 valence electrons. The van der Waals surface area contributed by atoms with Crippen molar-refractivity contribution in [1.82, 2.24) is 0 Å². The van der Waals surface area contributed by atoms with E-state index in [9.17, 15) is 0 Å². The molecule has 0 unspecified atom stereocenters. The Balaban J connectivity index is 2.09. The summed E-state index contributed by atoms with van der Waals surface area (Å²) in [4.78, 5) is 0. The van der Waals surface area contributed by atoms with Crippen molar-refractivity contribution in [3.63, 3.8) is 0 Å². The average Bonchev–Trinajstić information content (AvgIpc) is 2.32. The lowest BCUT2D eigenvalue weighted by atomic mass is 10.1. The van der Waals surface area contributed by atoms with E-state index >= 15 is 0 Å². The van der Waals surface area contributed by atoms with Crippen molar-refractivity contribution in [3.05, 3.63) is 57.6 Å². The van der Waals surface area contributed by atoms with Crippen molar-refractivity contribution in [2.45, 2.75) is 20.5 Å². The van der Waals surface area contributed by atoms with E-state index < -0.39 is 0 Å². The molecule has 0 aromatic heterocycles. The Bertz CT molecular complexity index is 566. The van der Waals surface area contributed by atoms with E-state index in [1.807, 2.05) is 30.3 Å². The number of hydrogen-bond donors (Lipinski definition) is 1. The van der Waals surface area contributed by atoms with Gasteiger partial charge in [0.25, 0.3) is 0 Å². The highest BCUT2D eigenvalue weighted by Gasteiger charge is 2.02. The summed E-state index contributed by atoms with van der Waals surface area (Å²) in [6.07, 6.45) is 0. The molecule has 2 rings (SSSR count). The number of nitrogens with two attached hydrogens (primary N) is 1. The molecule has 2 N–H and O–H groups in total. The summed E-state index contributed by atoms with van der Waals surface area (Å²) in [7, 11) is 0. The summed E-state index contributed by atoms with van der Waals surface area (Å²) >= 11 is 3.39. The van der Waals surface area contributed by atoms with Crippen LogP contribution in [0.25, 0.3) is 0 Å². The van der Waals surface area contributed by atoms with Crippen LogP contribution in [0.15, 0.2) is 40.9 Å². The molecule has 2 aromatic carbocycles. The zero-order valence-electron chi connectivity index (χ0n) is 10.5. The second kappa shape index (κ2) is 5.44. The molecule has 3 heteroatoms. The highest BCUT2D eigenvalue weighted by atomic mass is 79.9. The van der Waals surface area contributed by atoms with Crippen LogP contribution in [-0.2, 0) is 6.61 Å². The first-order valence-electron chi connectivity index (χ1n) is 5.80. The Morgan fingerprint density at radius 2 is 1.83 bits per heavy atom. The average molecular weight is 306 g/mol. The van der Waals surface area contributed by atoms with Gasteiger partial charge in [-0.25, -0.2) is 0 Å². The van der Waals surface area contributed by atoms with Crippen LogP contribution in [0.5, 0.6) is 5.75 Å². The van der Waals surface area contributed by atoms with Crippen molar-refractivity contribution in [1.29, 1.82) is 0 Å². The number of rotatable bonds is 3. The van der Waals surface area contributed by atoms with Crippen molar-refractivity contribution in [3.8, 4) is 5.75 Å². The summed E-state index contributed by atoms with van der Waals surface area (Å²) in [5.41, 5.74) is 10.2. The molecule has 2 nitrogen and oxygen atoms in total. The molecule has 0 aliphatic heterocycles. The fourth-order valence-corrected chi connectivity index (χ4v) is 2.04. The van der Waals surface area contributed by atoms with Crippen LogP contribution in [0.4, 0.5) is 5.69 Å². The number of hydrogen-bond acceptors (Lipinski definition) is 2. The predicted molar refractivity (Wildman–Crippen MR) is 78.8 cm³/mol. The highest BCUT2D eigenvalue weighted by Crippen LogP contribution is 2.22. The summed E-state index contributed by atoms with van der Waals surface area (Å²) in [5.74, 6) is 0.875. The Hall–Kier alpha value is -1.48. The molecule has 0 saturated carbocycles.